The van der Waals surface area contributed by atoms with E-state index in [-0.39, 0.29) is 12.6 Å². The van der Waals surface area contributed by atoms with Crippen LogP contribution in [0.4, 0.5) is 5.69 Å². The van der Waals surface area contributed by atoms with Crippen molar-refractivity contribution in [2.24, 2.45) is 0 Å². The molecule has 0 atom stereocenters. The van der Waals surface area contributed by atoms with Crippen LogP contribution in [0.2, 0.25) is 0 Å². The molecule has 7 nitrogen and oxygen atoms in total. The van der Waals surface area contributed by atoms with Crippen LogP contribution in [0.25, 0.3) is 16.4 Å². The minimum Gasteiger partial charge on any atom is -0.487 e. The molecule has 2 heterocycles. The van der Waals surface area contributed by atoms with Crippen LogP contribution in [0.1, 0.15) is 22.8 Å². The molecule has 0 fully saturated rings. The zero-order valence-corrected chi connectivity index (χ0v) is 18.0. The van der Waals surface area contributed by atoms with Crippen LogP contribution in [-0.4, -0.2) is 31.7 Å². The molecule has 8 heteroatoms. The number of fused-ring (bicyclic) bond motifs is 3. The summed E-state index contributed by atoms with van der Waals surface area (Å²) in [5.74, 6) is 0.259. The number of pyridine rings is 1. The van der Waals surface area contributed by atoms with E-state index in [0.29, 0.717) is 23.6 Å². The zero-order chi connectivity index (χ0) is 22.0. The summed E-state index contributed by atoms with van der Waals surface area (Å²) in [6, 6.07) is 18.3. The van der Waals surface area contributed by atoms with Gasteiger partial charge < -0.3 is 13.9 Å². The number of rotatable bonds is 7. The van der Waals surface area contributed by atoms with E-state index in [0.717, 1.165) is 28.2 Å². The lowest BCUT2D eigenvalue weighted by Gasteiger charge is -2.10. The monoisotopic (exact) mass is 438 g/mol. The second-order valence-corrected chi connectivity index (χ2v) is 8.84. The molecule has 31 heavy (non-hydrogen) atoms. The SMILES string of the molecule is CCOC(=O)c1c2ccccc2n2cc(OCc3cccc(NS(C)(=O)=O)c3)ccc12. The summed E-state index contributed by atoms with van der Waals surface area (Å²) in [5, 5.41) is 0.817. The third-order valence-electron chi connectivity index (χ3n) is 4.73. The summed E-state index contributed by atoms with van der Waals surface area (Å²) in [4.78, 5) is 12.5. The predicted octanol–water partition coefficient (Wildman–Crippen LogP) is 4.22. The van der Waals surface area contributed by atoms with Crippen molar-refractivity contribution in [3.63, 3.8) is 0 Å². The summed E-state index contributed by atoms with van der Waals surface area (Å²) >= 11 is 0. The lowest BCUT2D eigenvalue weighted by atomic mass is 10.1. The van der Waals surface area contributed by atoms with Gasteiger partial charge in [-0.05, 0) is 42.8 Å². The molecule has 0 bridgehead atoms. The number of carbonyl (C=O) groups excluding carboxylic acids is 1. The Morgan fingerprint density at radius 1 is 1.03 bits per heavy atom. The first-order valence-corrected chi connectivity index (χ1v) is 11.6. The number of ether oxygens (including phenoxy) is 2. The molecule has 4 aromatic rings. The Morgan fingerprint density at radius 2 is 1.84 bits per heavy atom. The van der Waals surface area contributed by atoms with Crippen molar-refractivity contribution in [3.05, 3.63) is 78.0 Å². The van der Waals surface area contributed by atoms with Gasteiger partial charge in [-0.1, -0.05) is 30.3 Å². The van der Waals surface area contributed by atoms with E-state index >= 15 is 0 Å². The van der Waals surface area contributed by atoms with E-state index in [1.54, 1.807) is 31.2 Å². The molecule has 0 amide bonds. The van der Waals surface area contributed by atoms with Crippen LogP contribution in [0.3, 0.4) is 0 Å². The van der Waals surface area contributed by atoms with E-state index in [1.807, 2.05) is 47.0 Å². The Kier molecular flexibility index (Phi) is 5.56. The van der Waals surface area contributed by atoms with Crippen molar-refractivity contribution in [1.82, 2.24) is 4.40 Å². The van der Waals surface area contributed by atoms with Crippen molar-refractivity contribution in [2.75, 3.05) is 17.6 Å². The highest BCUT2D eigenvalue weighted by atomic mass is 32.2. The second-order valence-electron chi connectivity index (χ2n) is 7.10. The van der Waals surface area contributed by atoms with Gasteiger partial charge in [0.05, 0.1) is 35.7 Å². The lowest BCUT2D eigenvalue weighted by Crippen LogP contribution is -2.09. The molecule has 0 radical (unpaired) electrons. The van der Waals surface area contributed by atoms with Crippen LogP contribution in [0.15, 0.2) is 66.9 Å². The largest absolute Gasteiger partial charge is 0.487 e. The van der Waals surface area contributed by atoms with E-state index in [1.165, 1.54) is 0 Å². The quantitative estimate of drug-likeness (QED) is 0.437. The van der Waals surface area contributed by atoms with Gasteiger partial charge in [-0.3, -0.25) is 4.72 Å². The fourth-order valence-electron chi connectivity index (χ4n) is 3.53. The molecule has 0 aliphatic heterocycles. The number of aromatic nitrogens is 1. The van der Waals surface area contributed by atoms with Crippen LogP contribution >= 0.6 is 0 Å². The van der Waals surface area contributed by atoms with Crippen molar-refractivity contribution < 1.29 is 22.7 Å². The number of anilines is 1. The maximum absolute atomic E-state index is 12.5. The topological polar surface area (TPSA) is 86.1 Å². The predicted molar refractivity (Wildman–Crippen MR) is 120 cm³/mol. The maximum Gasteiger partial charge on any atom is 0.340 e. The molecule has 0 aliphatic carbocycles. The van der Waals surface area contributed by atoms with E-state index < -0.39 is 10.0 Å². The molecule has 160 valence electrons. The van der Waals surface area contributed by atoms with Gasteiger partial charge in [0.2, 0.25) is 10.0 Å². The minimum absolute atomic E-state index is 0.259. The summed E-state index contributed by atoms with van der Waals surface area (Å²) in [6.45, 7) is 2.35. The normalized spacial score (nSPS) is 11.5. The standard InChI is InChI=1S/C23H22N2O5S/c1-3-29-23(26)22-19-9-4-5-10-20(19)25-14-18(11-12-21(22)25)30-15-16-7-6-8-17(13-16)24-31(2,27)28/h4-14,24H,3,15H2,1-2H3. The number of nitrogens with one attached hydrogen (secondary N) is 1. The molecule has 0 saturated carbocycles. The Balaban J connectivity index is 1.64. The van der Waals surface area contributed by atoms with E-state index in [4.69, 9.17) is 9.47 Å². The summed E-state index contributed by atoms with van der Waals surface area (Å²) < 4.78 is 38.4. The van der Waals surface area contributed by atoms with Gasteiger partial charge in [-0.2, -0.15) is 0 Å². The molecule has 4 rings (SSSR count). The highest BCUT2D eigenvalue weighted by Gasteiger charge is 2.19. The van der Waals surface area contributed by atoms with E-state index in [2.05, 4.69) is 4.72 Å². The summed E-state index contributed by atoms with van der Waals surface area (Å²) in [7, 11) is -3.35. The third-order valence-corrected chi connectivity index (χ3v) is 5.33. The number of para-hydroxylation sites is 1. The van der Waals surface area contributed by atoms with Crippen LogP contribution in [0, 0.1) is 0 Å². The minimum atomic E-state index is -3.35. The van der Waals surface area contributed by atoms with Crippen molar-refractivity contribution in [2.45, 2.75) is 13.5 Å². The highest BCUT2D eigenvalue weighted by molar-refractivity contribution is 7.92. The lowest BCUT2D eigenvalue weighted by molar-refractivity contribution is 0.0531. The average Bonchev–Trinajstić information content (AvgIpc) is 3.05. The van der Waals surface area contributed by atoms with Gasteiger partial charge in [-0.25, -0.2) is 13.2 Å². The van der Waals surface area contributed by atoms with Gasteiger partial charge in [-0.15, -0.1) is 0 Å². The Hall–Kier alpha value is -3.52. The van der Waals surface area contributed by atoms with Crippen molar-refractivity contribution >= 4 is 38.1 Å². The van der Waals surface area contributed by atoms with Crippen LogP contribution in [-0.2, 0) is 21.4 Å². The molecule has 2 aromatic carbocycles. The van der Waals surface area contributed by atoms with Gasteiger partial charge in [0, 0.05) is 11.1 Å². The van der Waals surface area contributed by atoms with E-state index in [9.17, 15) is 13.2 Å². The molecule has 0 aliphatic rings. The maximum atomic E-state index is 12.5. The first-order chi connectivity index (χ1) is 14.9. The highest BCUT2D eigenvalue weighted by Crippen LogP contribution is 2.29. The summed E-state index contributed by atoms with van der Waals surface area (Å²) in [5.41, 5.74) is 3.45. The molecule has 2 aromatic heterocycles. The fraction of sp³-hybridized carbons (Fsp3) is 0.174. The Labute approximate surface area is 180 Å². The number of sulfonamides is 1. The number of carbonyl (C=O) groups is 1. The van der Waals surface area contributed by atoms with Crippen LogP contribution in [0.5, 0.6) is 5.75 Å². The zero-order valence-electron chi connectivity index (χ0n) is 17.2. The van der Waals surface area contributed by atoms with Gasteiger partial charge >= 0.3 is 5.97 Å². The fourth-order valence-corrected chi connectivity index (χ4v) is 4.08. The first-order valence-electron chi connectivity index (χ1n) is 9.75. The average molecular weight is 439 g/mol. The Morgan fingerprint density at radius 3 is 2.61 bits per heavy atom. The number of hydrogen-bond acceptors (Lipinski definition) is 5. The Bertz CT molecular complexity index is 1380. The second kappa shape index (κ2) is 8.31. The smallest absolute Gasteiger partial charge is 0.340 e. The molecular weight excluding hydrogens is 416 g/mol. The third kappa shape index (κ3) is 4.49. The van der Waals surface area contributed by atoms with Crippen molar-refractivity contribution in [3.8, 4) is 5.75 Å². The number of nitrogens with zero attached hydrogens (tertiary/aromatic N) is 1. The number of hydrogen-bond donors (Lipinski definition) is 1. The van der Waals surface area contributed by atoms with Crippen molar-refractivity contribution in [1.29, 1.82) is 0 Å². The molecule has 0 unspecified atom stereocenters. The number of esters is 1. The molecule has 0 spiro atoms. The van der Waals surface area contributed by atoms with Crippen LogP contribution < -0.4 is 9.46 Å². The molecule has 0 saturated heterocycles. The number of benzene rings is 2. The van der Waals surface area contributed by atoms with Gasteiger partial charge in [0.15, 0.2) is 0 Å². The molecule has 1 N–H and O–H groups in total. The van der Waals surface area contributed by atoms with Gasteiger partial charge in [0.25, 0.3) is 0 Å². The van der Waals surface area contributed by atoms with Gasteiger partial charge in [0.1, 0.15) is 12.4 Å². The molecular formula is C23H22N2O5S. The summed E-state index contributed by atoms with van der Waals surface area (Å²) in [6.07, 6.45) is 2.94. The first kappa shape index (κ1) is 20.7.